The van der Waals surface area contributed by atoms with Crippen molar-refractivity contribution < 1.29 is 13.6 Å². The Morgan fingerprint density at radius 3 is 2.18 bits per heavy atom. The molecular weight excluding hydrogens is 150 g/mol. The number of hydrogen-bond donors (Lipinski definition) is 0. The van der Waals surface area contributed by atoms with Crippen LogP contribution in [0.25, 0.3) is 0 Å². The lowest BCUT2D eigenvalue weighted by Gasteiger charge is -2.06. The smallest absolute Gasteiger partial charge is 0.283 e. The van der Waals surface area contributed by atoms with E-state index in [2.05, 4.69) is 0 Å². The van der Waals surface area contributed by atoms with Gasteiger partial charge in [-0.3, -0.25) is 4.79 Å². The molecule has 1 aromatic carbocycles. The van der Waals surface area contributed by atoms with E-state index in [0.717, 1.165) is 0 Å². The Labute approximate surface area is 62.7 Å². The summed E-state index contributed by atoms with van der Waals surface area (Å²) in [7, 11) is 0. The average Bonchev–Trinajstić information content (AvgIpc) is 2.06. The van der Waals surface area contributed by atoms with Crippen LogP contribution in [0.15, 0.2) is 30.3 Å². The van der Waals surface area contributed by atoms with Gasteiger partial charge in [-0.2, -0.15) is 8.78 Å². The van der Waals surface area contributed by atoms with Gasteiger partial charge in [0, 0.05) is 5.56 Å². The molecule has 1 rings (SSSR count). The Hall–Kier alpha value is -1.25. The summed E-state index contributed by atoms with van der Waals surface area (Å²) in [6.45, 7) is 0. The second-order valence-electron chi connectivity index (χ2n) is 2.04. The molecule has 57 valence electrons. The Bertz CT molecular complexity index is 244. The Morgan fingerprint density at radius 2 is 1.73 bits per heavy atom. The van der Waals surface area contributed by atoms with E-state index in [1.807, 2.05) is 0 Å². The van der Waals surface area contributed by atoms with Gasteiger partial charge in [0.25, 0.3) is 6.29 Å². The van der Waals surface area contributed by atoms with Crippen molar-refractivity contribution in [1.82, 2.24) is 0 Å². The number of halogens is 2. The van der Waals surface area contributed by atoms with Gasteiger partial charge in [-0.1, -0.05) is 30.3 Å². The van der Waals surface area contributed by atoms with Gasteiger partial charge in [0.15, 0.2) is 0 Å². The van der Waals surface area contributed by atoms with Crippen molar-refractivity contribution >= 4 is 6.29 Å². The molecule has 11 heavy (non-hydrogen) atoms. The van der Waals surface area contributed by atoms with Crippen LogP contribution in [0, 0.1) is 0 Å². The lowest BCUT2D eigenvalue weighted by molar-refractivity contribution is 0.0722. The minimum Gasteiger partial charge on any atom is -0.283 e. The zero-order chi connectivity index (χ0) is 8.32. The summed E-state index contributed by atoms with van der Waals surface area (Å²) in [6.07, 6.45) is 0.674. The normalized spacial score (nSPS) is 11.1. The molecule has 1 radical (unpaired) electrons. The fraction of sp³-hybridized carbons (Fsp3) is 0.125. The summed E-state index contributed by atoms with van der Waals surface area (Å²) in [5.41, 5.74) is -0.324. The molecule has 1 nitrogen and oxygen atoms in total. The van der Waals surface area contributed by atoms with E-state index in [-0.39, 0.29) is 5.56 Å². The van der Waals surface area contributed by atoms with Crippen LogP contribution < -0.4 is 0 Å². The molecule has 0 amide bonds. The fourth-order valence-electron chi connectivity index (χ4n) is 0.706. The van der Waals surface area contributed by atoms with Gasteiger partial charge < -0.3 is 0 Å². The molecule has 0 aliphatic rings. The van der Waals surface area contributed by atoms with Gasteiger partial charge in [-0.15, -0.1) is 0 Å². The number of hydrogen-bond acceptors (Lipinski definition) is 1. The molecule has 0 aromatic heterocycles. The van der Waals surface area contributed by atoms with Gasteiger partial charge in [-0.25, -0.2) is 0 Å². The van der Waals surface area contributed by atoms with Gasteiger partial charge >= 0.3 is 5.92 Å². The second-order valence-corrected chi connectivity index (χ2v) is 2.04. The van der Waals surface area contributed by atoms with Crippen molar-refractivity contribution in [3.05, 3.63) is 35.9 Å². The fourth-order valence-corrected chi connectivity index (χ4v) is 0.706. The molecule has 0 aliphatic carbocycles. The van der Waals surface area contributed by atoms with Crippen LogP contribution in [0.5, 0.6) is 0 Å². The molecule has 0 bridgehead atoms. The maximum absolute atomic E-state index is 12.5. The predicted octanol–water partition coefficient (Wildman–Crippen LogP) is 1.89. The SMILES string of the molecule is O=[C]C(F)(F)c1ccccc1. The Balaban J connectivity index is 3.02. The highest BCUT2D eigenvalue weighted by molar-refractivity contribution is 5.63. The van der Waals surface area contributed by atoms with Crippen LogP contribution in [0.3, 0.4) is 0 Å². The number of alkyl halides is 2. The van der Waals surface area contributed by atoms with E-state index in [9.17, 15) is 13.6 Å². The van der Waals surface area contributed by atoms with Gasteiger partial charge in [-0.05, 0) is 0 Å². The van der Waals surface area contributed by atoms with Crippen LogP contribution in [0.4, 0.5) is 8.78 Å². The molecule has 0 aliphatic heterocycles. The quantitative estimate of drug-likeness (QED) is 0.637. The Kier molecular flexibility index (Phi) is 1.98. The first kappa shape index (κ1) is 7.85. The van der Waals surface area contributed by atoms with Crippen LogP contribution in [0.2, 0.25) is 0 Å². The highest BCUT2D eigenvalue weighted by atomic mass is 19.3. The van der Waals surface area contributed by atoms with E-state index >= 15 is 0 Å². The van der Waals surface area contributed by atoms with Crippen molar-refractivity contribution in [3.63, 3.8) is 0 Å². The van der Waals surface area contributed by atoms with Crippen molar-refractivity contribution in [2.45, 2.75) is 5.92 Å². The first-order valence-electron chi connectivity index (χ1n) is 2.99. The molecular formula is C8H5F2O. The molecule has 0 atom stereocenters. The predicted molar refractivity (Wildman–Crippen MR) is 36.0 cm³/mol. The monoisotopic (exact) mass is 155 g/mol. The lowest BCUT2D eigenvalue weighted by atomic mass is 10.1. The third kappa shape index (κ3) is 1.61. The van der Waals surface area contributed by atoms with Crippen molar-refractivity contribution in [2.75, 3.05) is 0 Å². The summed E-state index contributed by atoms with van der Waals surface area (Å²) < 4.78 is 24.9. The summed E-state index contributed by atoms with van der Waals surface area (Å²) in [5, 5.41) is 0. The molecule has 0 unspecified atom stereocenters. The summed E-state index contributed by atoms with van der Waals surface area (Å²) in [6, 6.07) is 6.86. The molecule has 0 spiro atoms. The molecule has 1 aromatic rings. The highest BCUT2D eigenvalue weighted by Gasteiger charge is 2.31. The zero-order valence-electron chi connectivity index (χ0n) is 5.55. The maximum atomic E-state index is 12.5. The zero-order valence-corrected chi connectivity index (χ0v) is 5.55. The standard InChI is InChI=1S/C8H5F2O/c9-8(10,6-11)7-4-2-1-3-5-7/h1-5H. The van der Waals surface area contributed by atoms with E-state index in [4.69, 9.17) is 0 Å². The largest absolute Gasteiger partial charge is 0.338 e. The van der Waals surface area contributed by atoms with Crippen molar-refractivity contribution in [2.24, 2.45) is 0 Å². The first-order valence-corrected chi connectivity index (χ1v) is 2.99. The second kappa shape index (κ2) is 2.78. The summed E-state index contributed by atoms with van der Waals surface area (Å²) in [4.78, 5) is 9.75. The van der Waals surface area contributed by atoms with Crippen LogP contribution in [0.1, 0.15) is 5.56 Å². The van der Waals surface area contributed by atoms with Gasteiger partial charge in [0.2, 0.25) is 0 Å². The minimum atomic E-state index is -3.47. The lowest BCUT2D eigenvalue weighted by Crippen LogP contribution is -2.13. The highest BCUT2D eigenvalue weighted by Crippen LogP contribution is 2.24. The molecule has 0 saturated heterocycles. The van der Waals surface area contributed by atoms with Gasteiger partial charge in [0.1, 0.15) is 0 Å². The molecule has 0 N–H and O–H groups in total. The van der Waals surface area contributed by atoms with Crippen molar-refractivity contribution in [1.29, 1.82) is 0 Å². The van der Waals surface area contributed by atoms with Gasteiger partial charge in [0.05, 0.1) is 0 Å². The first-order chi connectivity index (χ1) is 5.17. The summed E-state index contributed by atoms with van der Waals surface area (Å²) >= 11 is 0. The number of benzene rings is 1. The van der Waals surface area contributed by atoms with Crippen LogP contribution in [-0.4, -0.2) is 6.29 Å². The van der Waals surface area contributed by atoms with E-state index in [1.165, 1.54) is 24.3 Å². The summed E-state index contributed by atoms with van der Waals surface area (Å²) in [5.74, 6) is -3.47. The number of rotatable bonds is 2. The van der Waals surface area contributed by atoms with Crippen LogP contribution in [-0.2, 0) is 10.7 Å². The Morgan fingerprint density at radius 1 is 1.18 bits per heavy atom. The van der Waals surface area contributed by atoms with Crippen LogP contribution >= 0.6 is 0 Å². The molecule has 3 heteroatoms. The maximum Gasteiger partial charge on any atom is 0.338 e. The average molecular weight is 155 g/mol. The van der Waals surface area contributed by atoms with E-state index < -0.39 is 5.92 Å². The topological polar surface area (TPSA) is 17.1 Å². The third-order valence-electron chi connectivity index (χ3n) is 1.26. The van der Waals surface area contributed by atoms with E-state index in [0.29, 0.717) is 6.29 Å². The molecule has 0 saturated carbocycles. The number of carbonyl (C=O) groups excluding carboxylic acids is 1. The third-order valence-corrected chi connectivity index (χ3v) is 1.26. The molecule has 0 fully saturated rings. The van der Waals surface area contributed by atoms with Crippen molar-refractivity contribution in [3.8, 4) is 0 Å². The molecule has 0 heterocycles. The van der Waals surface area contributed by atoms with E-state index in [1.54, 1.807) is 6.07 Å². The minimum absolute atomic E-state index is 0.324.